The average Bonchev–Trinajstić information content (AvgIpc) is 3.71. The monoisotopic (exact) mass is 1270 g/mol. The lowest BCUT2D eigenvalue weighted by molar-refractivity contribution is -0.161. The highest BCUT2D eigenvalue weighted by Crippen LogP contribution is 2.45. The second-order valence-electron chi connectivity index (χ2n) is 23.0. The molecule has 18 heteroatoms. The van der Waals surface area contributed by atoms with Crippen LogP contribution in [0.4, 0.5) is 0 Å². The summed E-state index contributed by atoms with van der Waals surface area (Å²) in [5.41, 5.74) is 0. The second-order valence-corrected chi connectivity index (χ2v) is 25.9. The molecule has 0 aromatic rings. The Kier molecular flexibility index (Phi) is 61.0. The van der Waals surface area contributed by atoms with Crippen LogP contribution in [-0.2, 0) is 55.8 Å². The van der Waals surface area contributed by atoms with E-state index in [1.54, 1.807) is 0 Å². The van der Waals surface area contributed by atoms with Crippen LogP contribution in [0.3, 0.4) is 0 Å². The van der Waals surface area contributed by atoms with E-state index in [-0.39, 0.29) is 19.3 Å². The van der Waals surface area contributed by atoms with E-state index in [1.807, 2.05) is 0 Å². The second kappa shape index (κ2) is 63.2. The quantitative estimate of drug-likeness (QED) is 0.0146. The maximum Gasteiger partial charge on any atom is 0.472 e. The summed E-state index contributed by atoms with van der Waals surface area (Å²) in [6, 6.07) is 0. The molecule has 0 radical (unpaired) electrons. The summed E-state index contributed by atoms with van der Waals surface area (Å²) in [7, 11) is -9.77. The van der Waals surface area contributed by atoms with Crippen LogP contribution >= 0.6 is 15.6 Å². The summed E-state index contributed by atoms with van der Waals surface area (Å²) in [6.45, 7) is 2.58. The van der Waals surface area contributed by atoms with Gasteiger partial charge in [0.25, 0.3) is 0 Å². The Bertz CT molecular complexity index is 1880. The Balaban J connectivity index is 4.49. The van der Waals surface area contributed by atoms with Crippen LogP contribution in [-0.4, -0.2) is 95.9 Å². The molecule has 0 bridgehead atoms. The predicted octanol–water partition coefficient (Wildman–Crippen LogP) is 18.8. The fourth-order valence-electron chi connectivity index (χ4n) is 9.06. The molecule has 5 unspecified atom stereocenters. The van der Waals surface area contributed by atoms with Gasteiger partial charge in [0.05, 0.1) is 26.4 Å². The molecule has 506 valence electrons. The van der Waals surface area contributed by atoms with Crippen molar-refractivity contribution in [1.82, 2.24) is 0 Å². The van der Waals surface area contributed by atoms with Gasteiger partial charge < -0.3 is 34.2 Å². The standard InChI is InChI=1S/C69H124O16P2/c1-4-7-10-13-16-19-22-24-26-27-28-29-30-31-32-33-34-35-37-39-41-43-46-49-52-55-67(72)79-58-64(70)59-81-86(75,76)82-60-65(71)61-83-87(77,78)84-63-66(85-69(74)57-54-51-48-45-40-21-18-15-12-9-6-3)62-80-68(73)56-53-50-47-44-42-38-36-25-23-20-17-14-11-8-5-2/h15-16,18-19,24-26,28-29,31-32,36,64-66,70-71H,4-14,17,20-23,27,30,33-35,37-63H2,1-3H3,(H,75,76)(H,77,78)/b18-15-,19-16-,26-24-,29-28-,32-31-,36-25-. The van der Waals surface area contributed by atoms with Crippen LogP contribution in [0.15, 0.2) is 72.9 Å². The minimum Gasteiger partial charge on any atom is -0.463 e. The Morgan fingerprint density at radius 2 is 0.586 bits per heavy atom. The number of hydrogen-bond donors (Lipinski definition) is 4. The molecule has 0 spiro atoms. The largest absolute Gasteiger partial charge is 0.472 e. The van der Waals surface area contributed by atoms with Crippen molar-refractivity contribution in [3.63, 3.8) is 0 Å². The van der Waals surface area contributed by atoms with Crippen molar-refractivity contribution in [2.24, 2.45) is 0 Å². The maximum absolute atomic E-state index is 12.8. The van der Waals surface area contributed by atoms with Crippen LogP contribution in [0.25, 0.3) is 0 Å². The molecule has 16 nitrogen and oxygen atoms in total. The van der Waals surface area contributed by atoms with Crippen molar-refractivity contribution in [2.75, 3.05) is 39.6 Å². The summed E-state index contributed by atoms with van der Waals surface area (Å²) in [4.78, 5) is 58.2. The molecule has 0 heterocycles. The predicted molar refractivity (Wildman–Crippen MR) is 353 cm³/mol. The highest BCUT2D eigenvalue weighted by Gasteiger charge is 2.29. The molecule has 0 aliphatic heterocycles. The van der Waals surface area contributed by atoms with E-state index >= 15 is 0 Å². The van der Waals surface area contributed by atoms with Gasteiger partial charge in [-0.15, -0.1) is 0 Å². The Morgan fingerprint density at radius 3 is 0.977 bits per heavy atom. The summed E-state index contributed by atoms with van der Waals surface area (Å²) in [6.07, 6.45) is 65.4. The minimum absolute atomic E-state index is 0.0944. The van der Waals surface area contributed by atoms with Gasteiger partial charge in [-0.05, 0) is 109 Å². The molecular weight excluding hydrogens is 1150 g/mol. The number of phosphoric acid groups is 2. The molecule has 5 atom stereocenters. The average molecular weight is 1270 g/mol. The lowest BCUT2D eigenvalue weighted by Crippen LogP contribution is -2.30. The number of carbonyl (C=O) groups excluding carboxylic acids is 3. The Hall–Kier alpha value is -3.01. The zero-order valence-electron chi connectivity index (χ0n) is 54.7. The Morgan fingerprint density at radius 1 is 0.322 bits per heavy atom. The van der Waals surface area contributed by atoms with E-state index < -0.39 is 91.5 Å². The maximum atomic E-state index is 12.8. The van der Waals surface area contributed by atoms with Gasteiger partial charge in [-0.3, -0.25) is 32.5 Å². The van der Waals surface area contributed by atoms with Crippen LogP contribution in [0.2, 0.25) is 0 Å². The van der Waals surface area contributed by atoms with Gasteiger partial charge in [-0.1, -0.05) is 235 Å². The van der Waals surface area contributed by atoms with Gasteiger partial charge >= 0.3 is 33.6 Å². The number of ether oxygens (including phenoxy) is 3. The number of aliphatic hydroxyl groups is 2. The van der Waals surface area contributed by atoms with Crippen LogP contribution in [0, 0.1) is 0 Å². The first-order chi connectivity index (χ1) is 42.2. The summed E-state index contributed by atoms with van der Waals surface area (Å²) in [5, 5.41) is 20.5. The minimum atomic E-state index is -4.92. The lowest BCUT2D eigenvalue weighted by atomic mass is 10.1. The van der Waals surface area contributed by atoms with E-state index in [1.165, 1.54) is 103 Å². The lowest BCUT2D eigenvalue weighted by Gasteiger charge is -2.21. The van der Waals surface area contributed by atoms with Crippen molar-refractivity contribution in [3.05, 3.63) is 72.9 Å². The third-order valence-electron chi connectivity index (χ3n) is 14.4. The number of rotatable bonds is 65. The zero-order chi connectivity index (χ0) is 63.8. The first-order valence-electron chi connectivity index (χ1n) is 34.2. The number of esters is 3. The van der Waals surface area contributed by atoms with Gasteiger partial charge in [-0.25, -0.2) is 9.13 Å². The first kappa shape index (κ1) is 84.0. The third-order valence-corrected chi connectivity index (χ3v) is 16.3. The summed E-state index contributed by atoms with van der Waals surface area (Å²) in [5.74, 6) is -1.59. The van der Waals surface area contributed by atoms with Gasteiger partial charge in [0.1, 0.15) is 25.4 Å². The normalized spacial score (nSPS) is 14.7. The van der Waals surface area contributed by atoms with E-state index in [2.05, 4.69) is 93.7 Å². The first-order valence-corrected chi connectivity index (χ1v) is 37.2. The molecule has 87 heavy (non-hydrogen) atoms. The molecule has 0 fully saturated rings. The molecule has 0 rings (SSSR count). The fraction of sp³-hybridized carbons (Fsp3) is 0.783. The highest BCUT2D eigenvalue weighted by molar-refractivity contribution is 7.47. The number of aliphatic hydroxyl groups excluding tert-OH is 2. The number of phosphoric ester groups is 2. The fourth-order valence-corrected chi connectivity index (χ4v) is 10.6. The SMILES string of the molecule is CCCC/C=C\CCCCCCCC(=O)OC(COC(=O)CCCCCCC/C=C\CCCCCCCC)COP(=O)(O)OCC(O)COP(=O)(O)OCC(O)COC(=O)CCCCCCCCCCC/C=C\C/C=C\C/C=C\C/C=C\CCCCC. The number of unbranched alkanes of at least 4 members (excludes halogenated alkanes) is 30. The van der Waals surface area contributed by atoms with Crippen molar-refractivity contribution in [3.8, 4) is 0 Å². The van der Waals surface area contributed by atoms with Crippen LogP contribution in [0.1, 0.15) is 290 Å². The summed E-state index contributed by atoms with van der Waals surface area (Å²) >= 11 is 0. The van der Waals surface area contributed by atoms with Crippen molar-refractivity contribution < 1.29 is 75.8 Å². The molecule has 0 aliphatic rings. The van der Waals surface area contributed by atoms with Crippen LogP contribution < -0.4 is 0 Å². The molecule has 0 aromatic carbocycles. The number of allylic oxidation sites excluding steroid dienone is 12. The van der Waals surface area contributed by atoms with Crippen molar-refractivity contribution in [1.29, 1.82) is 0 Å². The molecular formula is C69H124O16P2. The molecule has 0 saturated heterocycles. The highest BCUT2D eigenvalue weighted by atomic mass is 31.2. The number of carbonyl (C=O) groups is 3. The molecule has 0 saturated carbocycles. The van der Waals surface area contributed by atoms with Gasteiger partial charge in [0, 0.05) is 19.3 Å². The van der Waals surface area contributed by atoms with Gasteiger partial charge in [0.15, 0.2) is 6.10 Å². The topological polar surface area (TPSA) is 231 Å². The van der Waals surface area contributed by atoms with Gasteiger partial charge in [0.2, 0.25) is 0 Å². The van der Waals surface area contributed by atoms with Crippen molar-refractivity contribution >= 4 is 33.6 Å². The van der Waals surface area contributed by atoms with E-state index in [0.29, 0.717) is 19.3 Å². The number of hydrogen-bond acceptors (Lipinski definition) is 14. The Labute approximate surface area is 528 Å². The third kappa shape index (κ3) is 64.3. The molecule has 0 amide bonds. The van der Waals surface area contributed by atoms with Crippen molar-refractivity contribution in [2.45, 2.75) is 309 Å². The van der Waals surface area contributed by atoms with Crippen LogP contribution in [0.5, 0.6) is 0 Å². The van der Waals surface area contributed by atoms with Gasteiger partial charge in [-0.2, -0.15) is 0 Å². The zero-order valence-corrected chi connectivity index (χ0v) is 56.5. The van der Waals surface area contributed by atoms with E-state index in [0.717, 1.165) is 128 Å². The molecule has 0 aromatic heterocycles. The molecule has 4 N–H and O–H groups in total. The smallest absolute Gasteiger partial charge is 0.463 e. The van der Waals surface area contributed by atoms with E-state index in [4.69, 9.17) is 32.3 Å². The van der Waals surface area contributed by atoms with E-state index in [9.17, 15) is 43.5 Å². The summed E-state index contributed by atoms with van der Waals surface area (Å²) < 4.78 is 60.8. The molecule has 0 aliphatic carbocycles.